The smallest absolute Gasteiger partial charge is 0.226 e. The fourth-order valence-electron chi connectivity index (χ4n) is 3.89. The fraction of sp³-hybridized carbons (Fsp3) is 0.611. The van der Waals surface area contributed by atoms with Crippen molar-refractivity contribution in [2.24, 2.45) is 0 Å². The minimum Gasteiger partial charge on any atom is -0.493 e. The van der Waals surface area contributed by atoms with Crippen LogP contribution in [0.3, 0.4) is 0 Å². The maximum Gasteiger partial charge on any atom is 0.226 e. The van der Waals surface area contributed by atoms with E-state index < -0.39 is 0 Å². The van der Waals surface area contributed by atoms with Crippen molar-refractivity contribution in [3.05, 3.63) is 30.3 Å². The van der Waals surface area contributed by atoms with Crippen LogP contribution in [0.1, 0.15) is 32.1 Å². The van der Waals surface area contributed by atoms with E-state index >= 15 is 0 Å². The Morgan fingerprint density at radius 2 is 2.13 bits per heavy atom. The van der Waals surface area contributed by atoms with Crippen molar-refractivity contribution in [3.8, 4) is 5.75 Å². The molecule has 0 bridgehead atoms. The van der Waals surface area contributed by atoms with Gasteiger partial charge in [-0.05, 0) is 37.8 Å². The zero-order chi connectivity index (χ0) is 16.3. The lowest BCUT2D eigenvalue weighted by Gasteiger charge is -2.42. The quantitative estimate of drug-likeness (QED) is 0.902. The highest BCUT2D eigenvalue weighted by atomic mass is 16.5. The molecule has 0 unspecified atom stereocenters. The van der Waals surface area contributed by atoms with Gasteiger partial charge in [-0.3, -0.25) is 4.79 Å². The van der Waals surface area contributed by atoms with Crippen LogP contribution < -0.4 is 4.74 Å². The molecule has 2 fully saturated rings. The van der Waals surface area contributed by atoms with Gasteiger partial charge in [-0.15, -0.1) is 0 Å². The molecule has 0 aromatic heterocycles. The van der Waals surface area contributed by atoms with E-state index in [9.17, 15) is 9.90 Å². The Balaban J connectivity index is 1.57. The van der Waals surface area contributed by atoms with Crippen LogP contribution >= 0.6 is 0 Å². The molecule has 1 N–H and O–H groups in total. The second-order valence-corrected chi connectivity index (χ2v) is 6.46. The number of hydrogen-bond acceptors (Lipinski definition) is 4. The van der Waals surface area contributed by atoms with Crippen molar-refractivity contribution >= 4 is 5.91 Å². The third-order valence-electron chi connectivity index (χ3n) is 5.21. The molecule has 23 heavy (non-hydrogen) atoms. The van der Waals surface area contributed by atoms with Gasteiger partial charge in [0.15, 0.2) is 0 Å². The Labute approximate surface area is 137 Å². The number of ether oxygens (including phenoxy) is 2. The molecule has 2 aliphatic rings. The number of amides is 1. The third kappa shape index (κ3) is 3.35. The van der Waals surface area contributed by atoms with Crippen molar-refractivity contribution < 1.29 is 19.4 Å². The van der Waals surface area contributed by atoms with Gasteiger partial charge >= 0.3 is 0 Å². The molecule has 1 aromatic carbocycles. The first-order valence-corrected chi connectivity index (χ1v) is 8.35. The van der Waals surface area contributed by atoms with Gasteiger partial charge in [0.1, 0.15) is 5.75 Å². The molecule has 1 aromatic rings. The number of aliphatic hydroxyl groups is 1. The second kappa shape index (κ2) is 6.89. The predicted molar refractivity (Wildman–Crippen MR) is 86.3 cm³/mol. The number of methoxy groups -OCH3 is 1. The third-order valence-corrected chi connectivity index (χ3v) is 5.21. The Hall–Kier alpha value is -1.59. The molecule has 3 rings (SSSR count). The number of rotatable bonds is 5. The van der Waals surface area contributed by atoms with E-state index in [1.807, 2.05) is 35.2 Å². The summed E-state index contributed by atoms with van der Waals surface area (Å²) in [7, 11) is 1.72. The van der Waals surface area contributed by atoms with E-state index in [4.69, 9.17) is 9.47 Å². The van der Waals surface area contributed by atoms with Gasteiger partial charge in [0, 0.05) is 13.7 Å². The summed E-state index contributed by atoms with van der Waals surface area (Å²) in [6, 6.07) is 9.50. The van der Waals surface area contributed by atoms with Gasteiger partial charge in [-0.25, -0.2) is 0 Å². The molecule has 0 radical (unpaired) electrons. The molecule has 1 heterocycles. The SMILES string of the molecule is CO[C@@]12CC[C@@H](O)C[C@@H]1N(C(=O)CCOc1ccccc1)CC2. The molecular weight excluding hydrogens is 294 g/mol. The van der Waals surface area contributed by atoms with Crippen molar-refractivity contribution in [1.82, 2.24) is 4.90 Å². The zero-order valence-corrected chi connectivity index (χ0v) is 13.6. The number of likely N-dealkylation sites (tertiary alicyclic amines) is 1. The maximum atomic E-state index is 12.6. The number of carbonyl (C=O) groups is 1. The largest absolute Gasteiger partial charge is 0.493 e. The molecule has 1 aliphatic heterocycles. The molecule has 126 valence electrons. The lowest BCUT2D eigenvalue weighted by Crippen LogP contribution is -2.52. The minimum absolute atomic E-state index is 0.0134. The van der Waals surface area contributed by atoms with Crippen molar-refractivity contribution in [1.29, 1.82) is 0 Å². The number of carbonyl (C=O) groups excluding carboxylic acids is 1. The molecule has 1 aliphatic carbocycles. The van der Waals surface area contributed by atoms with Crippen LogP contribution in [0.4, 0.5) is 0 Å². The van der Waals surface area contributed by atoms with Gasteiger partial charge in [0.2, 0.25) is 5.91 Å². The average molecular weight is 319 g/mol. The summed E-state index contributed by atoms with van der Waals surface area (Å²) in [6.45, 7) is 1.07. The van der Waals surface area contributed by atoms with E-state index in [-0.39, 0.29) is 23.7 Å². The van der Waals surface area contributed by atoms with Crippen molar-refractivity contribution in [3.63, 3.8) is 0 Å². The number of benzene rings is 1. The van der Waals surface area contributed by atoms with E-state index in [2.05, 4.69) is 0 Å². The standard InChI is InChI=1S/C18H25NO4/c1-22-18-9-7-14(20)13-16(18)19(11-10-18)17(21)8-12-23-15-5-3-2-4-6-15/h2-6,14,16,20H,7-13H2,1H3/t14-,16+,18-/m1/s1. The number of hydrogen-bond donors (Lipinski definition) is 1. The Morgan fingerprint density at radius 3 is 2.87 bits per heavy atom. The zero-order valence-electron chi connectivity index (χ0n) is 13.6. The Bertz CT molecular complexity index is 535. The van der Waals surface area contributed by atoms with Crippen LogP contribution in [0.15, 0.2) is 30.3 Å². The molecule has 5 heteroatoms. The summed E-state index contributed by atoms with van der Waals surface area (Å²) < 4.78 is 11.4. The van der Waals surface area contributed by atoms with Crippen molar-refractivity contribution in [2.75, 3.05) is 20.3 Å². The lowest BCUT2D eigenvalue weighted by atomic mass is 9.79. The van der Waals surface area contributed by atoms with E-state index in [1.165, 1.54) is 0 Å². The predicted octanol–water partition coefficient (Wildman–Crippen LogP) is 1.99. The highest BCUT2D eigenvalue weighted by molar-refractivity contribution is 5.77. The van der Waals surface area contributed by atoms with E-state index in [0.29, 0.717) is 26.0 Å². The lowest BCUT2D eigenvalue weighted by molar-refractivity contribution is -0.140. The molecule has 5 nitrogen and oxygen atoms in total. The van der Waals surface area contributed by atoms with Gasteiger partial charge in [-0.2, -0.15) is 0 Å². The van der Waals surface area contributed by atoms with Crippen LogP contribution in [-0.4, -0.2) is 53.9 Å². The molecule has 0 spiro atoms. The topological polar surface area (TPSA) is 59.0 Å². The van der Waals surface area contributed by atoms with Crippen LogP contribution in [0.25, 0.3) is 0 Å². The highest BCUT2D eigenvalue weighted by Gasteiger charge is 2.52. The molecular formula is C18H25NO4. The second-order valence-electron chi connectivity index (χ2n) is 6.46. The highest BCUT2D eigenvalue weighted by Crippen LogP contribution is 2.42. The van der Waals surface area contributed by atoms with Crippen molar-refractivity contribution in [2.45, 2.75) is 49.9 Å². The first-order valence-electron chi connectivity index (χ1n) is 8.35. The average Bonchev–Trinajstić information content (AvgIpc) is 2.95. The molecule has 1 saturated heterocycles. The molecule has 1 amide bonds. The summed E-state index contributed by atoms with van der Waals surface area (Å²) >= 11 is 0. The van der Waals surface area contributed by atoms with Crippen LogP contribution in [0.2, 0.25) is 0 Å². The van der Waals surface area contributed by atoms with E-state index in [0.717, 1.165) is 25.0 Å². The van der Waals surface area contributed by atoms with Crippen LogP contribution in [-0.2, 0) is 9.53 Å². The summed E-state index contributed by atoms with van der Waals surface area (Å²) in [4.78, 5) is 14.5. The Morgan fingerprint density at radius 1 is 1.35 bits per heavy atom. The summed E-state index contributed by atoms with van der Waals surface area (Å²) in [6.07, 6.45) is 3.05. The molecule has 1 saturated carbocycles. The number of para-hydroxylation sites is 1. The maximum absolute atomic E-state index is 12.6. The van der Waals surface area contributed by atoms with Gasteiger partial charge in [-0.1, -0.05) is 18.2 Å². The Kier molecular flexibility index (Phi) is 4.87. The first kappa shape index (κ1) is 16.3. The van der Waals surface area contributed by atoms with Crippen LogP contribution in [0.5, 0.6) is 5.75 Å². The number of aliphatic hydroxyl groups excluding tert-OH is 1. The number of nitrogens with zero attached hydrogens (tertiary/aromatic N) is 1. The fourth-order valence-corrected chi connectivity index (χ4v) is 3.89. The van der Waals surface area contributed by atoms with Gasteiger partial charge in [0.25, 0.3) is 0 Å². The normalized spacial score (nSPS) is 30.1. The first-order chi connectivity index (χ1) is 11.1. The summed E-state index contributed by atoms with van der Waals surface area (Å²) in [5.41, 5.74) is -0.269. The number of fused-ring (bicyclic) bond motifs is 1. The monoisotopic (exact) mass is 319 g/mol. The van der Waals surface area contributed by atoms with E-state index in [1.54, 1.807) is 7.11 Å². The van der Waals surface area contributed by atoms with Gasteiger partial charge in [0.05, 0.1) is 30.8 Å². The van der Waals surface area contributed by atoms with Gasteiger partial charge < -0.3 is 19.5 Å². The summed E-state index contributed by atoms with van der Waals surface area (Å²) in [5, 5.41) is 9.97. The summed E-state index contributed by atoms with van der Waals surface area (Å²) in [5.74, 6) is 0.861. The molecule has 3 atom stereocenters. The minimum atomic E-state index is -0.336. The van der Waals surface area contributed by atoms with Crippen LogP contribution in [0, 0.1) is 0 Å².